The van der Waals surface area contributed by atoms with Crippen molar-refractivity contribution in [2.24, 2.45) is 5.73 Å². The van der Waals surface area contributed by atoms with E-state index in [4.69, 9.17) is 5.73 Å². The highest BCUT2D eigenvalue weighted by Crippen LogP contribution is 2.42. The smallest absolute Gasteiger partial charge is 0.272 e. The van der Waals surface area contributed by atoms with Gasteiger partial charge in [0.15, 0.2) is 0 Å². The van der Waals surface area contributed by atoms with Crippen LogP contribution in [-0.2, 0) is 0 Å². The number of hydrogen-bond donors (Lipinski definition) is 3. The van der Waals surface area contributed by atoms with E-state index in [-0.39, 0.29) is 11.1 Å². The third-order valence-electron chi connectivity index (χ3n) is 4.36. The number of H-pyrrole nitrogens is 2. The molecule has 108 valence electrons. The van der Waals surface area contributed by atoms with Gasteiger partial charge in [0.25, 0.3) is 5.56 Å². The number of rotatable bonds is 1. The predicted octanol–water partition coefficient (Wildman–Crippen LogP) is 2.93. The summed E-state index contributed by atoms with van der Waals surface area (Å²) >= 11 is 0. The summed E-state index contributed by atoms with van der Waals surface area (Å²) in [6.45, 7) is 4.09. The van der Waals surface area contributed by atoms with Gasteiger partial charge in [-0.05, 0) is 63.5 Å². The number of hydrogen-bond acceptors (Lipinski definition) is 2. The first-order valence-electron chi connectivity index (χ1n) is 7.46. The van der Waals surface area contributed by atoms with Crippen molar-refractivity contribution < 1.29 is 0 Å². The van der Waals surface area contributed by atoms with Crippen molar-refractivity contribution in [3.05, 3.63) is 33.9 Å². The van der Waals surface area contributed by atoms with Crippen molar-refractivity contribution in [3.63, 3.8) is 0 Å². The first-order chi connectivity index (χ1) is 9.46. The Morgan fingerprint density at radius 1 is 1.35 bits per heavy atom. The first kappa shape index (κ1) is 13.4. The van der Waals surface area contributed by atoms with Gasteiger partial charge in [0.2, 0.25) is 0 Å². The fourth-order valence-electron chi connectivity index (χ4n) is 2.76. The molecule has 0 atom stereocenters. The Balaban J connectivity index is 0.000000170. The zero-order chi connectivity index (χ0) is 14.3. The third kappa shape index (κ3) is 2.66. The van der Waals surface area contributed by atoms with Crippen molar-refractivity contribution in [2.75, 3.05) is 0 Å². The molecule has 2 aromatic rings. The summed E-state index contributed by atoms with van der Waals surface area (Å²) in [4.78, 5) is 17.4. The fourth-order valence-corrected chi connectivity index (χ4v) is 2.76. The second kappa shape index (κ2) is 4.77. The summed E-state index contributed by atoms with van der Waals surface area (Å²) in [6.07, 6.45) is 8.18. The monoisotopic (exact) mass is 273 g/mol. The fraction of sp³-hybridized carbons (Fsp3) is 0.562. The highest BCUT2D eigenvalue weighted by atomic mass is 16.1. The van der Waals surface area contributed by atoms with Crippen molar-refractivity contribution in [3.8, 4) is 0 Å². The van der Waals surface area contributed by atoms with Crippen LogP contribution in [-0.4, -0.2) is 15.5 Å². The second-order valence-electron chi connectivity index (χ2n) is 6.60. The molecule has 0 unspecified atom stereocenters. The molecule has 0 saturated heterocycles. The van der Waals surface area contributed by atoms with Crippen LogP contribution in [0, 0.1) is 6.92 Å². The van der Waals surface area contributed by atoms with E-state index < -0.39 is 0 Å². The second-order valence-corrected chi connectivity index (χ2v) is 6.60. The van der Waals surface area contributed by atoms with E-state index in [0.29, 0.717) is 5.92 Å². The Morgan fingerprint density at radius 3 is 2.50 bits per heavy atom. The lowest BCUT2D eigenvalue weighted by atomic mass is 9.80. The molecule has 0 spiro atoms. The van der Waals surface area contributed by atoms with Crippen LogP contribution in [0.4, 0.5) is 0 Å². The van der Waals surface area contributed by atoms with Gasteiger partial charge in [0, 0.05) is 22.8 Å². The van der Waals surface area contributed by atoms with Gasteiger partial charge in [-0.25, -0.2) is 0 Å². The number of aromatic nitrogens is 2. The van der Waals surface area contributed by atoms with Crippen LogP contribution >= 0.6 is 0 Å². The van der Waals surface area contributed by atoms with Crippen LogP contribution in [0.25, 0.3) is 10.9 Å². The van der Waals surface area contributed by atoms with E-state index in [0.717, 1.165) is 16.6 Å². The molecule has 0 radical (unpaired) electrons. The molecule has 0 aromatic carbocycles. The number of nitrogens with two attached hydrogens (primary N) is 1. The van der Waals surface area contributed by atoms with Crippen molar-refractivity contribution >= 4 is 10.9 Å². The van der Waals surface area contributed by atoms with E-state index in [1.165, 1.54) is 37.7 Å². The molecule has 0 amide bonds. The lowest BCUT2D eigenvalue weighted by molar-refractivity contribution is 0.277. The first-order valence-corrected chi connectivity index (χ1v) is 7.46. The SMILES string of the molecule is CC1(N)CCC1.Cc1cc2c(C3CC3)c[nH]c(=O)c2[nH]1. The minimum absolute atomic E-state index is 0.0162. The summed E-state index contributed by atoms with van der Waals surface area (Å²) in [5.41, 5.74) is 8.91. The normalized spacial score (nSPS) is 20.1. The van der Waals surface area contributed by atoms with Crippen LogP contribution < -0.4 is 11.3 Å². The molecule has 2 aliphatic carbocycles. The van der Waals surface area contributed by atoms with E-state index in [1.54, 1.807) is 0 Å². The lowest BCUT2D eigenvalue weighted by Crippen LogP contribution is -2.42. The van der Waals surface area contributed by atoms with E-state index in [9.17, 15) is 4.79 Å². The van der Waals surface area contributed by atoms with Crippen LogP contribution in [0.5, 0.6) is 0 Å². The Hall–Kier alpha value is -1.55. The van der Waals surface area contributed by atoms with Crippen LogP contribution in [0.2, 0.25) is 0 Å². The van der Waals surface area contributed by atoms with Crippen LogP contribution in [0.3, 0.4) is 0 Å². The molecule has 2 aliphatic rings. The van der Waals surface area contributed by atoms with Gasteiger partial charge in [0.1, 0.15) is 5.52 Å². The van der Waals surface area contributed by atoms with Gasteiger partial charge in [0.05, 0.1) is 0 Å². The van der Waals surface area contributed by atoms with E-state index in [2.05, 4.69) is 23.0 Å². The van der Waals surface area contributed by atoms with Gasteiger partial charge in [-0.2, -0.15) is 0 Å². The zero-order valence-corrected chi connectivity index (χ0v) is 12.3. The molecular weight excluding hydrogens is 250 g/mol. The summed E-state index contributed by atoms with van der Waals surface area (Å²) < 4.78 is 0. The maximum atomic E-state index is 11.5. The molecule has 0 aliphatic heterocycles. The molecule has 4 heteroatoms. The molecule has 2 fully saturated rings. The highest BCUT2D eigenvalue weighted by Gasteiger charge is 2.26. The molecule has 4 rings (SSSR count). The largest absolute Gasteiger partial charge is 0.354 e. The molecule has 0 bridgehead atoms. The Kier molecular flexibility index (Phi) is 3.21. The maximum absolute atomic E-state index is 11.5. The minimum atomic E-state index is -0.0162. The summed E-state index contributed by atoms with van der Waals surface area (Å²) in [5.74, 6) is 0.671. The Morgan fingerprint density at radius 2 is 2.00 bits per heavy atom. The lowest BCUT2D eigenvalue weighted by Gasteiger charge is -2.33. The average molecular weight is 273 g/mol. The number of nitrogens with one attached hydrogen (secondary N) is 2. The van der Waals surface area contributed by atoms with Gasteiger partial charge in [-0.15, -0.1) is 0 Å². The molecular formula is C16H23N3O. The molecule has 2 saturated carbocycles. The molecule has 2 heterocycles. The molecule has 2 aromatic heterocycles. The maximum Gasteiger partial charge on any atom is 0.272 e. The van der Waals surface area contributed by atoms with Gasteiger partial charge in [-0.1, -0.05) is 0 Å². The third-order valence-corrected chi connectivity index (χ3v) is 4.36. The van der Waals surface area contributed by atoms with Gasteiger partial charge >= 0.3 is 0 Å². The van der Waals surface area contributed by atoms with Crippen LogP contribution in [0.1, 0.15) is 56.2 Å². The van der Waals surface area contributed by atoms with Gasteiger partial charge in [-0.3, -0.25) is 4.79 Å². The van der Waals surface area contributed by atoms with Crippen molar-refractivity contribution in [2.45, 2.75) is 57.4 Å². The van der Waals surface area contributed by atoms with Crippen molar-refractivity contribution in [1.82, 2.24) is 9.97 Å². The molecule has 4 nitrogen and oxygen atoms in total. The van der Waals surface area contributed by atoms with E-state index >= 15 is 0 Å². The summed E-state index contributed by atoms with van der Waals surface area (Å²) in [7, 11) is 0. The number of fused-ring (bicyclic) bond motifs is 1. The number of aryl methyl sites for hydroxylation is 1. The standard InChI is InChI=1S/C11H12N2O.C5H11N/c1-6-4-8-9(7-2-3-7)5-12-11(14)10(8)13-6;1-5(6)3-2-4-5/h4-5,7,13H,2-3H2,1H3,(H,12,14);2-4,6H2,1H3. The van der Waals surface area contributed by atoms with E-state index in [1.807, 2.05) is 13.1 Å². The average Bonchev–Trinajstić information content (AvgIpc) is 3.11. The Labute approximate surface area is 118 Å². The highest BCUT2D eigenvalue weighted by molar-refractivity contribution is 5.83. The van der Waals surface area contributed by atoms with Gasteiger partial charge < -0.3 is 15.7 Å². The quantitative estimate of drug-likeness (QED) is 0.747. The molecule has 20 heavy (non-hydrogen) atoms. The number of pyridine rings is 1. The summed E-state index contributed by atoms with van der Waals surface area (Å²) in [5, 5.41) is 1.11. The minimum Gasteiger partial charge on any atom is -0.354 e. The Bertz CT molecular complexity index is 671. The zero-order valence-electron chi connectivity index (χ0n) is 12.3. The summed E-state index contributed by atoms with van der Waals surface area (Å²) in [6, 6.07) is 2.07. The topological polar surface area (TPSA) is 74.7 Å². The predicted molar refractivity (Wildman–Crippen MR) is 82.1 cm³/mol. The molecule has 4 N–H and O–H groups in total. The van der Waals surface area contributed by atoms with Crippen molar-refractivity contribution in [1.29, 1.82) is 0 Å². The number of aromatic amines is 2. The van der Waals surface area contributed by atoms with Crippen LogP contribution in [0.15, 0.2) is 17.1 Å².